The summed E-state index contributed by atoms with van der Waals surface area (Å²) in [6.45, 7) is 0. The Morgan fingerprint density at radius 2 is 2.05 bits per heavy atom. The highest BCUT2D eigenvalue weighted by atomic mass is 32.1. The van der Waals surface area contributed by atoms with Gasteiger partial charge in [-0.1, -0.05) is 0 Å². The van der Waals surface area contributed by atoms with E-state index in [0.717, 1.165) is 26.6 Å². The third kappa shape index (κ3) is 2.13. The summed E-state index contributed by atoms with van der Waals surface area (Å²) >= 11 is 1.56. The second-order valence-electron chi connectivity index (χ2n) is 4.44. The first-order valence-corrected chi connectivity index (χ1v) is 6.69. The van der Waals surface area contributed by atoms with Crippen LogP contribution in [-0.2, 0) is 0 Å². The molecule has 0 spiro atoms. The predicted molar refractivity (Wildman–Crippen MR) is 78.8 cm³/mol. The highest BCUT2D eigenvalue weighted by Crippen LogP contribution is 2.35. The van der Waals surface area contributed by atoms with Crippen molar-refractivity contribution in [3.63, 3.8) is 0 Å². The largest absolute Gasteiger partial charge is 0.508 e. The number of hydrogen-bond donors (Lipinski definition) is 1. The van der Waals surface area contributed by atoms with Crippen LogP contribution in [-0.4, -0.2) is 29.2 Å². The summed E-state index contributed by atoms with van der Waals surface area (Å²) in [5.74, 6) is 1.16. The van der Waals surface area contributed by atoms with Crippen LogP contribution in [0.3, 0.4) is 0 Å². The van der Waals surface area contributed by atoms with Gasteiger partial charge < -0.3 is 10.0 Å². The molecule has 2 heterocycles. The summed E-state index contributed by atoms with van der Waals surface area (Å²) in [6.07, 6.45) is 1.78. The zero-order valence-electron chi connectivity index (χ0n) is 10.7. The first-order chi connectivity index (χ1) is 9.15. The maximum Gasteiger partial charge on any atom is 0.138 e. The van der Waals surface area contributed by atoms with Gasteiger partial charge in [-0.15, -0.1) is 11.3 Å². The summed E-state index contributed by atoms with van der Waals surface area (Å²) in [6, 6.07) is 9.15. The first kappa shape index (κ1) is 11.9. The van der Waals surface area contributed by atoms with Gasteiger partial charge >= 0.3 is 0 Å². The molecule has 4 nitrogen and oxygen atoms in total. The normalized spacial score (nSPS) is 10.8. The Balaban J connectivity index is 2.19. The summed E-state index contributed by atoms with van der Waals surface area (Å²) in [4.78, 5) is 11.0. The third-order valence-corrected chi connectivity index (χ3v) is 3.86. The molecule has 19 heavy (non-hydrogen) atoms. The van der Waals surface area contributed by atoms with Crippen LogP contribution < -0.4 is 4.90 Å². The van der Waals surface area contributed by atoms with E-state index in [4.69, 9.17) is 0 Å². The molecule has 0 amide bonds. The number of phenols is 1. The van der Waals surface area contributed by atoms with Crippen LogP contribution in [0.15, 0.2) is 36.5 Å². The van der Waals surface area contributed by atoms with Crippen LogP contribution >= 0.6 is 11.3 Å². The molecule has 0 bridgehead atoms. The van der Waals surface area contributed by atoms with E-state index in [0.29, 0.717) is 0 Å². The fraction of sp³-hybridized carbons (Fsp3) is 0.143. The van der Waals surface area contributed by atoms with Gasteiger partial charge in [0.15, 0.2) is 0 Å². The number of phenolic OH excluding ortho intramolecular Hbond substituents is 1. The Bertz CT molecular complexity index is 736. The molecule has 0 atom stereocenters. The summed E-state index contributed by atoms with van der Waals surface area (Å²) in [7, 11) is 3.93. The van der Waals surface area contributed by atoms with Crippen molar-refractivity contribution in [2.24, 2.45) is 0 Å². The quantitative estimate of drug-likeness (QED) is 0.778. The highest BCUT2D eigenvalue weighted by molar-refractivity contribution is 7.21. The topological polar surface area (TPSA) is 49.2 Å². The number of thiazole rings is 1. The van der Waals surface area contributed by atoms with E-state index in [1.54, 1.807) is 29.7 Å². The molecule has 2 aromatic heterocycles. The van der Waals surface area contributed by atoms with Crippen LogP contribution in [0.25, 0.3) is 20.8 Å². The third-order valence-electron chi connectivity index (χ3n) is 2.81. The van der Waals surface area contributed by atoms with Crippen LogP contribution in [0.4, 0.5) is 5.82 Å². The monoisotopic (exact) mass is 271 g/mol. The van der Waals surface area contributed by atoms with Crippen molar-refractivity contribution in [2.45, 2.75) is 0 Å². The number of anilines is 1. The molecule has 0 saturated carbocycles. The van der Waals surface area contributed by atoms with Crippen molar-refractivity contribution in [2.75, 3.05) is 19.0 Å². The van der Waals surface area contributed by atoms with Gasteiger partial charge in [0.25, 0.3) is 0 Å². The Hall–Kier alpha value is -2.14. The van der Waals surface area contributed by atoms with Gasteiger partial charge in [0.2, 0.25) is 0 Å². The number of aromatic nitrogens is 2. The zero-order chi connectivity index (χ0) is 13.4. The van der Waals surface area contributed by atoms with E-state index >= 15 is 0 Å². The van der Waals surface area contributed by atoms with E-state index in [-0.39, 0.29) is 5.75 Å². The maximum absolute atomic E-state index is 9.51. The van der Waals surface area contributed by atoms with Crippen LogP contribution in [0.2, 0.25) is 0 Å². The number of pyridine rings is 1. The van der Waals surface area contributed by atoms with Gasteiger partial charge in [0.1, 0.15) is 16.6 Å². The van der Waals surface area contributed by atoms with Gasteiger partial charge in [-0.05, 0) is 30.3 Å². The van der Waals surface area contributed by atoms with Crippen LogP contribution in [0, 0.1) is 0 Å². The average molecular weight is 271 g/mol. The summed E-state index contributed by atoms with van der Waals surface area (Å²) in [5.41, 5.74) is 1.90. The maximum atomic E-state index is 9.51. The molecule has 96 valence electrons. The molecule has 0 aliphatic rings. The number of benzene rings is 1. The molecule has 1 N–H and O–H groups in total. The van der Waals surface area contributed by atoms with Crippen molar-refractivity contribution in [3.05, 3.63) is 36.5 Å². The van der Waals surface area contributed by atoms with Gasteiger partial charge in [0.05, 0.1) is 15.8 Å². The Morgan fingerprint density at radius 1 is 1.21 bits per heavy atom. The molecule has 3 rings (SSSR count). The van der Waals surface area contributed by atoms with Crippen LogP contribution in [0.5, 0.6) is 5.75 Å². The SMILES string of the molecule is CN(C)c1ncccc1-c1nc2ccc(O)cc2s1. The molecule has 5 heteroatoms. The Morgan fingerprint density at radius 3 is 2.84 bits per heavy atom. The van der Waals surface area contributed by atoms with Gasteiger partial charge in [-0.25, -0.2) is 9.97 Å². The lowest BCUT2D eigenvalue weighted by molar-refractivity contribution is 0.476. The second kappa shape index (κ2) is 4.51. The minimum Gasteiger partial charge on any atom is -0.508 e. The molecule has 0 radical (unpaired) electrons. The number of nitrogens with zero attached hydrogens (tertiary/aromatic N) is 3. The van der Waals surface area contributed by atoms with E-state index in [1.165, 1.54) is 0 Å². The standard InChI is InChI=1S/C14H13N3OS/c1-17(2)13-10(4-3-7-15-13)14-16-11-6-5-9(18)8-12(11)19-14/h3-8,18H,1-2H3. The summed E-state index contributed by atoms with van der Waals surface area (Å²) < 4.78 is 0.976. The van der Waals surface area contributed by atoms with E-state index in [1.807, 2.05) is 37.2 Å². The van der Waals surface area contributed by atoms with E-state index < -0.39 is 0 Å². The van der Waals surface area contributed by atoms with E-state index in [9.17, 15) is 5.11 Å². The molecule has 3 aromatic rings. The fourth-order valence-electron chi connectivity index (χ4n) is 1.95. The van der Waals surface area contributed by atoms with Crippen molar-refractivity contribution < 1.29 is 5.11 Å². The highest BCUT2D eigenvalue weighted by Gasteiger charge is 2.12. The van der Waals surface area contributed by atoms with Gasteiger partial charge in [0, 0.05) is 20.3 Å². The lowest BCUT2D eigenvalue weighted by atomic mass is 10.2. The van der Waals surface area contributed by atoms with Crippen molar-refractivity contribution in [1.29, 1.82) is 0 Å². The Kier molecular flexibility index (Phi) is 2.83. The van der Waals surface area contributed by atoms with Crippen molar-refractivity contribution >= 4 is 27.4 Å². The molecular weight excluding hydrogens is 258 g/mol. The lowest BCUT2D eigenvalue weighted by Gasteiger charge is -2.13. The lowest BCUT2D eigenvalue weighted by Crippen LogP contribution is -2.11. The molecule has 0 saturated heterocycles. The van der Waals surface area contributed by atoms with Gasteiger partial charge in [-0.3, -0.25) is 0 Å². The molecule has 1 aromatic carbocycles. The Labute approximate surface area is 115 Å². The van der Waals surface area contributed by atoms with Crippen molar-refractivity contribution in [1.82, 2.24) is 9.97 Å². The molecule has 0 unspecified atom stereocenters. The fourth-order valence-corrected chi connectivity index (χ4v) is 2.97. The minimum atomic E-state index is 0.265. The van der Waals surface area contributed by atoms with Gasteiger partial charge in [-0.2, -0.15) is 0 Å². The molecular formula is C14H13N3OS. The second-order valence-corrected chi connectivity index (χ2v) is 5.47. The minimum absolute atomic E-state index is 0.265. The molecule has 0 aliphatic heterocycles. The number of aromatic hydroxyl groups is 1. The zero-order valence-corrected chi connectivity index (χ0v) is 11.5. The average Bonchev–Trinajstić information content (AvgIpc) is 2.81. The first-order valence-electron chi connectivity index (χ1n) is 5.87. The number of fused-ring (bicyclic) bond motifs is 1. The number of hydrogen-bond acceptors (Lipinski definition) is 5. The molecule has 0 fully saturated rings. The summed E-state index contributed by atoms with van der Waals surface area (Å²) in [5, 5.41) is 10.4. The number of rotatable bonds is 2. The van der Waals surface area contributed by atoms with Crippen molar-refractivity contribution in [3.8, 4) is 16.3 Å². The predicted octanol–water partition coefficient (Wildman–Crippen LogP) is 3.13. The van der Waals surface area contributed by atoms with E-state index in [2.05, 4.69) is 9.97 Å². The van der Waals surface area contributed by atoms with Crippen LogP contribution in [0.1, 0.15) is 0 Å². The smallest absolute Gasteiger partial charge is 0.138 e. The molecule has 0 aliphatic carbocycles.